The van der Waals surface area contributed by atoms with E-state index in [0.29, 0.717) is 36.0 Å². The number of aliphatic hydroxyl groups is 1. The van der Waals surface area contributed by atoms with E-state index in [1.165, 1.54) is 10.4 Å². The molecular formula is C29H30Cl2FN3O4S. The third-order valence-electron chi connectivity index (χ3n) is 7.51. The molecule has 0 aromatic heterocycles. The van der Waals surface area contributed by atoms with E-state index < -0.39 is 39.9 Å². The number of carbonyl (C=O) groups is 1. The fourth-order valence-electron chi connectivity index (χ4n) is 5.62. The highest BCUT2D eigenvalue weighted by Crippen LogP contribution is 2.37. The second-order valence-corrected chi connectivity index (χ2v) is 13.2. The van der Waals surface area contributed by atoms with Crippen molar-refractivity contribution in [1.29, 1.82) is 0 Å². The number of anilines is 1. The lowest BCUT2D eigenvalue weighted by Crippen LogP contribution is -2.61. The minimum absolute atomic E-state index is 0.000801. The van der Waals surface area contributed by atoms with Crippen LogP contribution >= 0.6 is 23.2 Å². The van der Waals surface area contributed by atoms with Crippen LogP contribution in [0.3, 0.4) is 0 Å². The third kappa shape index (κ3) is 6.29. The molecule has 1 aliphatic heterocycles. The molecule has 2 fully saturated rings. The molecule has 212 valence electrons. The van der Waals surface area contributed by atoms with Gasteiger partial charge in [-0.25, -0.2) is 12.8 Å². The molecule has 0 bridgehead atoms. The van der Waals surface area contributed by atoms with Gasteiger partial charge in [-0.05, 0) is 72.9 Å². The molecule has 7 nitrogen and oxygen atoms in total. The number of nitrogens with one attached hydrogen (secondary N) is 1. The second-order valence-electron chi connectivity index (χ2n) is 10.4. The fourth-order valence-corrected chi connectivity index (χ4v) is 7.03. The number of halogens is 3. The van der Waals surface area contributed by atoms with Crippen LogP contribution in [0, 0.1) is 5.82 Å². The van der Waals surface area contributed by atoms with Crippen molar-refractivity contribution >= 4 is 44.8 Å². The fraction of sp³-hybridized carbons (Fsp3) is 0.345. The maximum Gasteiger partial charge on any atom is 0.251 e. The predicted octanol–water partition coefficient (Wildman–Crippen LogP) is 5.02. The van der Waals surface area contributed by atoms with Crippen molar-refractivity contribution in [3.8, 4) is 0 Å². The Balaban J connectivity index is 1.40. The topological polar surface area (TPSA) is 90.0 Å². The van der Waals surface area contributed by atoms with Crippen LogP contribution in [0.2, 0.25) is 10.0 Å². The van der Waals surface area contributed by atoms with Gasteiger partial charge in [-0.3, -0.25) is 14.0 Å². The van der Waals surface area contributed by atoms with Crippen LogP contribution in [0.1, 0.15) is 46.8 Å². The summed E-state index contributed by atoms with van der Waals surface area (Å²) in [7, 11) is -3.82. The smallest absolute Gasteiger partial charge is 0.251 e. The standard InChI is InChI=1S/C29H30Cl2FN3O4S/c1-40(38,39)35(24-14-20(13-23(32)15-24)29(37)33-26-3-2-4-27(26)36)25-16-34(17-25)28(18-5-9-21(30)10-6-18)19-7-11-22(31)12-8-19/h5-15,25-28,36H,2-4,16-17H2,1H3,(H,33,37)/t26-,27+/m0/s1. The molecule has 2 N–H and O–H groups in total. The number of hydrogen-bond donors (Lipinski definition) is 2. The summed E-state index contributed by atoms with van der Waals surface area (Å²) in [6.45, 7) is 0.741. The van der Waals surface area contributed by atoms with E-state index in [2.05, 4.69) is 10.2 Å². The molecule has 3 aromatic rings. The molecule has 1 amide bonds. The number of benzene rings is 3. The Hall–Kier alpha value is -2.69. The van der Waals surface area contributed by atoms with E-state index in [1.807, 2.05) is 48.5 Å². The molecular weight excluding hydrogens is 576 g/mol. The first-order chi connectivity index (χ1) is 19.0. The summed E-state index contributed by atoms with van der Waals surface area (Å²) in [5.74, 6) is -1.28. The lowest BCUT2D eigenvalue weighted by molar-refractivity contribution is 0.0872. The third-order valence-corrected chi connectivity index (χ3v) is 9.24. The van der Waals surface area contributed by atoms with E-state index >= 15 is 0 Å². The highest BCUT2D eigenvalue weighted by molar-refractivity contribution is 7.92. The first kappa shape index (κ1) is 28.8. The minimum atomic E-state index is -3.82. The predicted molar refractivity (Wildman–Crippen MR) is 155 cm³/mol. The van der Waals surface area contributed by atoms with Gasteiger partial charge in [0.15, 0.2) is 0 Å². The lowest BCUT2D eigenvalue weighted by atomic mass is 9.93. The molecule has 5 rings (SSSR count). The summed E-state index contributed by atoms with van der Waals surface area (Å²) >= 11 is 12.2. The zero-order chi connectivity index (χ0) is 28.6. The van der Waals surface area contributed by atoms with E-state index in [1.54, 1.807) is 0 Å². The summed E-state index contributed by atoms with van der Waals surface area (Å²) in [4.78, 5) is 15.0. The maximum atomic E-state index is 14.7. The molecule has 1 heterocycles. The average molecular weight is 607 g/mol. The SMILES string of the molecule is CS(=O)(=O)N(c1cc(F)cc(C(=O)N[C@H]2CCC[C@H]2O)c1)C1CN(C(c2ccc(Cl)cc2)c2ccc(Cl)cc2)C1. The average Bonchev–Trinajstić information content (AvgIpc) is 3.27. The normalized spacial score (nSPS) is 19.9. The van der Waals surface area contributed by atoms with Gasteiger partial charge in [-0.15, -0.1) is 0 Å². The largest absolute Gasteiger partial charge is 0.391 e. The van der Waals surface area contributed by atoms with Crippen molar-refractivity contribution in [2.75, 3.05) is 23.7 Å². The number of rotatable bonds is 8. The van der Waals surface area contributed by atoms with Crippen LogP contribution in [0.25, 0.3) is 0 Å². The Labute approximate surface area is 243 Å². The number of carbonyl (C=O) groups excluding carboxylic acids is 1. The molecule has 0 unspecified atom stereocenters. The van der Waals surface area contributed by atoms with Crippen LogP contribution in [-0.2, 0) is 10.0 Å². The number of sulfonamides is 1. The molecule has 1 saturated carbocycles. The number of amides is 1. The maximum absolute atomic E-state index is 14.7. The van der Waals surface area contributed by atoms with Gasteiger partial charge >= 0.3 is 0 Å². The van der Waals surface area contributed by atoms with Crippen LogP contribution < -0.4 is 9.62 Å². The molecule has 11 heteroatoms. The number of aliphatic hydroxyl groups excluding tert-OH is 1. The second kappa shape index (κ2) is 11.7. The van der Waals surface area contributed by atoms with Crippen LogP contribution in [-0.4, -0.2) is 61.9 Å². The monoisotopic (exact) mass is 605 g/mol. The minimum Gasteiger partial charge on any atom is -0.391 e. The Kier molecular flexibility index (Phi) is 8.40. The first-order valence-corrected chi connectivity index (χ1v) is 15.6. The molecule has 2 atom stereocenters. The van der Waals surface area contributed by atoms with Gasteiger partial charge in [-0.2, -0.15) is 0 Å². The Morgan fingerprint density at radius 1 is 1.00 bits per heavy atom. The van der Waals surface area contributed by atoms with Gasteiger partial charge < -0.3 is 10.4 Å². The van der Waals surface area contributed by atoms with Crippen molar-refractivity contribution in [1.82, 2.24) is 10.2 Å². The zero-order valence-corrected chi connectivity index (χ0v) is 24.1. The van der Waals surface area contributed by atoms with Gasteiger partial charge in [0.2, 0.25) is 10.0 Å². The number of likely N-dealkylation sites (tertiary alicyclic amines) is 1. The van der Waals surface area contributed by atoms with Crippen molar-refractivity contribution in [3.63, 3.8) is 0 Å². The summed E-state index contributed by atoms with van der Waals surface area (Å²) in [5, 5.41) is 14.0. The van der Waals surface area contributed by atoms with Gasteiger partial charge in [0.1, 0.15) is 5.82 Å². The highest BCUT2D eigenvalue weighted by Gasteiger charge is 2.41. The summed E-state index contributed by atoms with van der Waals surface area (Å²) in [6, 6.07) is 17.5. The number of hydrogen-bond acceptors (Lipinski definition) is 5. The quantitative estimate of drug-likeness (QED) is 0.376. The van der Waals surface area contributed by atoms with Crippen molar-refractivity contribution in [3.05, 3.63) is 99.3 Å². The van der Waals surface area contributed by atoms with E-state index in [0.717, 1.165) is 35.9 Å². The van der Waals surface area contributed by atoms with Gasteiger partial charge in [-0.1, -0.05) is 47.5 Å². The van der Waals surface area contributed by atoms with Crippen LogP contribution in [0.15, 0.2) is 66.7 Å². The van der Waals surface area contributed by atoms with E-state index in [9.17, 15) is 22.7 Å². The molecule has 2 aliphatic rings. The first-order valence-electron chi connectivity index (χ1n) is 13.0. The van der Waals surface area contributed by atoms with E-state index in [-0.39, 0.29) is 17.3 Å². The molecule has 1 saturated heterocycles. The Morgan fingerprint density at radius 3 is 2.08 bits per heavy atom. The molecule has 40 heavy (non-hydrogen) atoms. The molecule has 0 radical (unpaired) electrons. The zero-order valence-electron chi connectivity index (χ0n) is 21.8. The van der Waals surface area contributed by atoms with Crippen LogP contribution in [0.4, 0.5) is 10.1 Å². The number of nitrogens with zero attached hydrogens (tertiary/aromatic N) is 2. The van der Waals surface area contributed by atoms with Crippen molar-refractivity contribution in [2.45, 2.75) is 43.5 Å². The summed E-state index contributed by atoms with van der Waals surface area (Å²) in [5.41, 5.74) is 2.04. The molecule has 1 aliphatic carbocycles. The van der Waals surface area contributed by atoms with Crippen molar-refractivity contribution in [2.24, 2.45) is 0 Å². The Morgan fingerprint density at radius 2 is 1.57 bits per heavy atom. The highest BCUT2D eigenvalue weighted by atomic mass is 35.5. The van der Waals surface area contributed by atoms with Gasteiger partial charge in [0, 0.05) is 28.7 Å². The lowest BCUT2D eigenvalue weighted by Gasteiger charge is -2.48. The van der Waals surface area contributed by atoms with Crippen molar-refractivity contribution < 1.29 is 22.7 Å². The Bertz CT molecular complexity index is 1440. The van der Waals surface area contributed by atoms with Crippen LogP contribution in [0.5, 0.6) is 0 Å². The van der Waals surface area contributed by atoms with Gasteiger partial charge in [0.25, 0.3) is 5.91 Å². The summed E-state index contributed by atoms with van der Waals surface area (Å²) in [6.07, 6.45) is 2.43. The molecule has 0 spiro atoms. The van der Waals surface area contributed by atoms with E-state index in [4.69, 9.17) is 23.2 Å². The summed E-state index contributed by atoms with van der Waals surface area (Å²) < 4.78 is 41.9. The van der Waals surface area contributed by atoms with Gasteiger partial charge in [0.05, 0.1) is 36.2 Å². The molecule has 3 aromatic carbocycles.